The normalized spacial score (nSPS) is 11.4. The fraction of sp³-hybridized carbons (Fsp3) is 0.148. The lowest BCUT2D eigenvalue weighted by Gasteiger charge is -2.12. The minimum Gasteiger partial charge on any atom is -0.309 e. The molecule has 6 nitrogen and oxygen atoms in total. The van der Waals surface area contributed by atoms with Crippen molar-refractivity contribution in [2.75, 3.05) is 12.4 Å². The molecule has 1 amide bonds. The maximum Gasteiger partial charge on any atom is 0.242 e. The number of aromatic nitrogens is 3. The van der Waals surface area contributed by atoms with Crippen LogP contribution in [0.5, 0.6) is 0 Å². The van der Waals surface area contributed by atoms with Gasteiger partial charge in [0.15, 0.2) is 0 Å². The zero-order valence-corrected chi connectivity index (χ0v) is 18.8. The van der Waals surface area contributed by atoms with Gasteiger partial charge in [0.05, 0.1) is 17.9 Å². The third-order valence-electron chi connectivity index (χ3n) is 5.35. The van der Waals surface area contributed by atoms with Gasteiger partial charge in [-0.05, 0) is 44.2 Å². The van der Waals surface area contributed by atoms with E-state index < -0.39 is 0 Å². The summed E-state index contributed by atoms with van der Waals surface area (Å²) in [6.45, 7) is 1.79. The smallest absolute Gasteiger partial charge is 0.242 e. The average molecular weight is 436 g/mol. The van der Waals surface area contributed by atoms with Gasteiger partial charge in [-0.25, -0.2) is 4.98 Å². The number of likely N-dealkylation sites (N-methyl/N-ethyl adjacent to an activating group) is 1. The fourth-order valence-electron chi connectivity index (χ4n) is 3.43. The van der Waals surface area contributed by atoms with Gasteiger partial charge in [-0.2, -0.15) is 5.10 Å². The molecule has 0 fully saturated rings. The molecule has 0 saturated heterocycles. The van der Waals surface area contributed by atoms with Gasteiger partial charge in [0.2, 0.25) is 5.91 Å². The molecular formula is C27H25N5O. The van der Waals surface area contributed by atoms with Crippen LogP contribution in [0.4, 0.5) is 5.82 Å². The Balaban J connectivity index is 1.82. The van der Waals surface area contributed by atoms with Gasteiger partial charge < -0.3 is 10.6 Å². The molecule has 2 N–H and O–H groups in total. The third-order valence-corrected chi connectivity index (χ3v) is 5.35. The van der Waals surface area contributed by atoms with E-state index in [2.05, 4.69) is 39.7 Å². The number of pyridine rings is 1. The van der Waals surface area contributed by atoms with E-state index in [4.69, 9.17) is 4.98 Å². The highest BCUT2D eigenvalue weighted by atomic mass is 16.2. The quantitative estimate of drug-likeness (QED) is 0.463. The van der Waals surface area contributed by atoms with E-state index in [9.17, 15) is 4.79 Å². The first-order valence-corrected chi connectivity index (χ1v) is 10.7. The van der Waals surface area contributed by atoms with E-state index >= 15 is 0 Å². The first-order chi connectivity index (χ1) is 16.1. The van der Waals surface area contributed by atoms with Gasteiger partial charge >= 0.3 is 0 Å². The molecule has 4 aromatic rings. The lowest BCUT2D eigenvalue weighted by atomic mass is 10.00. The van der Waals surface area contributed by atoms with Crippen LogP contribution < -0.4 is 10.6 Å². The molecule has 4 rings (SSSR count). The summed E-state index contributed by atoms with van der Waals surface area (Å²) in [5, 5.41) is 10.3. The minimum absolute atomic E-state index is 0.161. The maximum absolute atomic E-state index is 12.4. The molecule has 6 heteroatoms. The molecule has 164 valence electrons. The monoisotopic (exact) mass is 435 g/mol. The lowest BCUT2D eigenvalue weighted by molar-refractivity contribution is -0.117. The highest BCUT2D eigenvalue weighted by Crippen LogP contribution is 2.33. The summed E-state index contributed by atoms with van der Waals surface area (Å²) in [6, 6.07) is 23.2. The van der Waals surface area contributed by atoms with E-state index in [1.165, 1.54) is 0 Å². The van der Waals surface area contributed by atoms with Crippen LogP contribution in [0, 0.1) is 11.8 Å². The van der Waals surface area contributed by atoms with Crippen molar-refractivity contribution in [3.63, 3.8) is 0 Å². The number of carbonyl (C=O) groups excluding carboxylic acids is 1. The van der Waals surface area contributed by atoms with Gasteiger partial charge in [0.1, 0.15) is 11.5 Å². The van der Waals surface area contributed by atoms with Gasteiger partial charge in [-0.15, -0.1) is 0 Å². The molecule has 0 bridgehead atoms. The minimum atomic E-state index is -0.340. The predicted octanol–water partition coefficient (Wildman–Crippen LogP) is 4.10. The predicted molar refractivity (Wildman–Crippen MR) is 131 cm³/mol. The van der Waals surface area contributed by atoms with Crippen molar-refractivity contribution in [1.82, 2.24) is 20.1 Å². The molecule has 0 aliphatic carbocycles. The molecule has 0 spiro atoms. The lowest BCUT2D eigenvalue weighted by Crippen LogP contribution is -2.35. The summed E-state index contributed by atoms with van der Waals surface area (Å²) in [6.07, 6.45) is 1.83. The second kappa shape index (κ2) is 9.94. The molecule has 0 aliphatic heterocycles. The Morgan fingerprint density at radius 2 is 1.64 bits per heavy atom. The van der Waals surface area contributed by atoms with E-state index in [0.29, 0.717) is 11.5 Å². The number of aryl methyl sites for hydroxylation is 1. The molecule has 2 heterocycles. The van der Waals surface area contributed by atoms with Crippen LogP contribution in [0.2, 0.25) is 0 Å². The number of nitrogens with zero attached hydrogens (tertiary/aromatic N) is 3. The van der Waals surface area contributed by atoms with Gasteiger partial charge in [0.25, 0.3) is 0 Å². The fourth-order valence-corrected chi connectivity index (χ4v) is 3.43. The summed E-state index contributed by atoms with van der Waals surface area (Å²) in [5.74, 6) is 6.69. The molecule has 0 aliphatic rings. The number of hydrogen-bond acceptors (Lipinski definition) is 4. The number of rotatable bonds is 5. The van der Waals surface area contributed by atoms with Crippen LogP contribution in [0.15, 0.2) is 79.0 Å². The SMILES string of the molecule is CNC(C)C(=O)Nc1ccc(-c2cnn(C)c2-c2ccccc2)c(C#Cc2ccccc2)n1. The number of hydrogen-bond donors (Lipinski definition) is 2. The number of amides is 1. The number of nitrogens with one attached hydrogen (secondary N) is 2. The molecule has 1 unspecified atom stereocenters. The number of benzene rings is 2. The second-order valence-electron chi connectivity index (χ2n) is 7.60. The summed E-state index contributed by atoms with van der Waals surface area (Å²) in [5.41, 5.74) is 5.26. The molecule has 2 aromatic carbocycles. The van der Waals surface area contributed by atoms with Gasteiger partial charge in [0, 0.05) is 29.3 Å². The third kappa shape index (κ3) is 5.00. The van der Waals surface area contributed by atoms with Crippen LogP contribution in [-0.4, -0.2) is 33.8 Å². The topological polar surface area (TPSA) is 71.8 Å². The summed E-state index contributed by atoms with van der Waals surface area (Å²) >= 11 is 0. The Hall–Kier alpha value is -4.21. The molecule has 2 aromatic heterocycles. The molecule has 0 radical (unpaired) electrons. The van der Waals surface area contributed by atoms with E-state index in [0.717, 1.165) is 27.9 Å². The van der Waals surface area contributed by atoms with Crippen LogP contribution in [0.1, 0.15) is 18.2 Å². The summed E-state index contributed by atoms with van der Waals surface area (Å²) < 4.78 is 1.85. The number of anilines is 1. The van der Waals surface area contributed by atoms with E-state index in [1.54, 1.807) is 20.0 Å². The molecule has 0 saturated carbocycles. The Bertz CT molecular complexity index is 1320. The number of carbonyl (C=O) groups is 1. The van der Waals surface area contributed by atoms with Crippen molar-refractivity contribution in [2.24, 2.45) is 7.05 Å². The zero-order chi connectivity index (χ0) is 23.2. The van der Waals surface area contributed by atoms with Gasteiger partial charge in [-0.3, -0.25) is 9.48 Å². The van der Waals surface area contributed by atoms with Crippen molar-refractivity contribution in [1.29, 1.82) is 0 Å². The van der Waals surface area contributed by atoms with E-state index in [1.807, 2.05) is 72.5 Å². The Morgan fingerprint density at radius 1 is 0.939 bits per heavy atom. The van der Waals surface area contributed by atoms with E-state index in [-0.39, 0.29) is 11.9 Å². The first-order valence-electron chi connectivity index (χ1n) is 10.7. The second-order valence-corrected chi connectivity index (χ2v) is 7.60. The Morgan fingerprint density at radius 3 is 2.33 bits per heavy atom. The van der Waals surface area contributed by atoms with Crippen LogP contribution >= 0.6 is 0 Å². The highest BCUT2D eigenvalue weighted by Gasteiger charge is 2.18. The van der Waals surface area contributed by atoms with Crippen molar-refractivity contribution in [2.45, 2.75) is 13.0 Å². The van der Waals surface area contributed by atoms with Crippen molar-refractivity contribution in [3.05, 3.63) is 90.3 Å². The summed E-state index contributed by atoms with van der Waals surface area (Å²) in [7, 11) is 3.66. The summed E-state index contributed by atoms with van der Waals surface area (Å²) in [4.78, 5) is 17.1. The Kier molecular flexibility index (Phi) is 6.63. The van der Waals surface area contributed by atoms with Crippen molar-refractivity contribution in [3.8, 4) is 34.2 Å². The first kappa shape index (κ1) is 22.0. The average Bonchev–Trinajstić information content (AvgIpc) is 3.24. The highest BCUT2D eigenvalue weighted by molar-refractivity contribution is 5.94. The van der Waals surface area contributed by atoms with Crippen LogP contribution in [-0.2, 0) is 11.8 Å². The van der Waals surface area contributed by atoms with Crippen LogP contribution in [0.25, 0.3) is 22.4 Å². The standard InChI is InChI=1S/C27H25N5O/c1-19(28-2)27(33)31-25-17-15-22(24(30-25)16-14-20-10-6-4-7-11-20)23-18-29-32(3)26(23)21-12-8-5-9-13-21/h4-13,15,17-19,28H,1-3H3,(H,30,31,33). The van der Waals surface area contributed by atoms with Gasteiger partial charge in [-0.1, -0.05) is 54.5 Å². The Labute approximate surface area is 193 Å². The van der Waals surface area contributed by atoms with Crippen molar-refractivity contribution < 1.29 is 4.79 Å². The molecule has 1 atom stereocenters. The maximum atomic E-state index is 12.4. The zero-order valence-electron chi connectivity index (χ0n) is 18.8. The molecule has 33 heavy (non-hydrogen) atoms. The van der Waals surface area contributed by atoms with Crippen molar-refractivity contribution >= 4 is 11.7 Å². The van der Waals surface area contributed by atoms with Crippen LogP contribution in [0.3, 0.4) is 0 Å². The molecular weight excluding hydrogens is 410 g/mol. The largest absolute Gasteiger partial charge is 0.309 e.